The fourth-order valence-corrected chi connectivity index (χ4v) is 4.25. The summed E-state index contributed by atoms with van der Waals surface area (Å²) in [7, 11) is 0. The third kappa shape index (κ3) is 2.53. The first-order valence-corrected chi connectivity index (χ1v) is 8.05. The number of rotatable bonds is 3. The second-order valence-electron chi connectivity index (χ2n) is 5.39. The quantitative estimate of drug-likeness (QED) is 0.866. The molecule has 0 bridgehead atoms. The Morgan fingerprint density at radius 2 is 2.30 bits per heavy atom. The van der Waals surface area contributed by atoms with Crippen LogP contribution >= 0.6 is 11.8 Å². The van der Waals surface area contributed by atoms with E-state index in [1.807, 2.05) is 28.8 Å². The van der Waals surface area contributed by atoms with Crippen LogP contribution < -0.4 is 0 Å². The van der Waals surface area contributed by atoms with E-state index in [0.29, 0.717) is 5.25 Å². The van der Waals surface area contributed by atoms with Crippen molar-refractivity contribution in [3.05, 3.63) is 24.4 Å². The predicted molar refractivity (Wildman–Crippen MR) is 79.4 cm³/mol. The van der Waals surface area contributed by atoms with Gasteiger partial charge in [-0.3, -0.25) is 4.40 Å². The zero-order valence-corrected chi connectivity index (χ0v) is 12.4. The predicted octanol–water partition coefficient (Wildman–Crippen LogP) is 3.54. The zero-order valence-electron chi connectivity index (χ0n) is 11.6. The molecule has 0 aromatic carbocycles. The van der Waals surface area contributed by atoms with Gasteiger partial charge >= 0.3 is 0 Å². The van der Waals surface area contributed by atoms with Gasteiger partial charge in [-0.15, -0.1) is 10.2 Å². The van der Waals surface area contributed by atoms with Crippen LogP contribution in [0.15, 0.2) is 29.6 Å². The minimum absolute atomic E-state index is 0.138. The van der Waals surface area contributed by atoms with Gasteiger partial charge in [-0.25, -0.2) is 0 Å². The third-order valence-corrected chi connectivity index (χ3v) is 5.50. The molecule has 0 radical (unpaired) electrons. The van der Waals surface area contributed by atoms with Gasteiger partial charge in [-0.2, -0.15) is 5.26 Å². The summed E-state index contributed by atoms with van der Waals surface area (Å²) in [5.74, 6) is 0.884. The van der Waals surface area contributed by atoms with Crippen LogP contribution in [0.3, 0.4) is 0 Å². The van der Waals surface area contributed by atoms with E-state index in [1.165, 1.54) is 12.8 Å². The Kier molecular flexibility index (Phi) is 3.93. The number of pyridine rings is 1. The first-order chi connectivity index (χ1) is 9.81. The van der Waals surface area contributed by atoms with Gasteiger partial charge in [0.25, 0.3) is 0 Å². The summed E-state index contributed by atoms with van der Waals surface area (Å²) in [6, 6.07) is 8.38. The molecule has 0 amide bonds. The number of aromatic nitrogens is 3. The first-order valence-electron chi connectivity index (χ1n) is 7.18. The number of nitrogens with zero attached hydrogens (tertiary/aromatic N) is 4. The van der Waals surface area contributed by atoms with Gasteiger partial charge in [-0.05, 0) is 37.3 Å². The van der Waals surface area contributed by atoms with E-state index < -0.39 is 0 Å². The molecule has 1 aliphatic rings. The van der Waals surface area contributed by atoms with Crippen LogP contribution in [0.25, 0.3) is 5.65 Å². The van der Waals surface area contributed by atoms with Gasteiger partial charge in [0.15, 0.2) is 10.8 Å². The molecule has 0 saturated heterocycles. The van der Waals surface area contributed by atoms with Crippen LogP contribution in [0.1, 0.15) is 32.6 Å². The molecular formula is C15H18N4S. The van der Waals surface area contributed by atoms with Crippen molar-refractivity contribution in [1.82, 2.24) is 14.6 Å². The van der Waals surface area contributed by atoms with E-state index in [-0.39, 0.29) is 5.92 Å². The third-order valence-electron chi connectivity index (χ3n) is 4.18. The lowest BCUT2D eigenvalue weighted by molar-refractivity contribution is 0.317. The highest BCUT2D eigenvalue weighted by Gasteiger charge is 2.31. The van der Waals surface area contributed by atoms with Gasteiger partial charge in [0.2, 0.25) is 0 Å². The summed E-state index contributed by atoms with van der Waals surface area (Å²) < 4.78 is 2.01. The Labute approximate surface area is 123 Å². The van der Waals surface area contributed by atoms with Gasteiger partial charge in [0, 0.05) is 11.4 Å². The fraction of sp³-hybridized carbons (Fsp3) is 0.533. The summed E-state index contributed by atoms with van der Waals surface area (Å²) in [5, 5.41) is 19.1. The second kappa shape index (κ2) is 5.84. The Morgan fingerprint density at radius 1 is 1.40 bits per heavy atom. The zero-order chi connectivity index (χ0) is 13.9. The molecule has 2 aromatic rings. The average molecular weight is 286 g/mol. The molecule has 5 heteroatoms. The molecule has 20 heavy (non-hydrogen) atoms. The molecule has 3 unspecified atom stereocenters. The van der Waals surface area contributed by atoms with Crippen molar-refractivity contribution in [1.29, 1.82) is 5.26 Å². The number of hydrogen-bond donors (Lipinski definition) is 0. The van der Waals surface area contributed by atoms with Gasteiger partial charge in [0.05, 0.1) is 12.0 Å². The Hall–Kier alpha value is -1.54. The van der Waals surface area contributed by atoms with E-state index in [1.54, 1.807) is 11.8 Å². The van der Waals surface area contributed by atoms with E-state index in [0.717, 1.165) is 29.6 Å². The fourth-order valence-electron chi connectivity index (χ4n) is 2.90. The highest BCUT2D eigenvalue weighted by Crippen LogP contribution is 2.40. The number of nitriles is 1. The summed E-state index contributed by atoms with van der Waals surface area (Å²) in [6.45, 7) is 2.24. The molecule has 2 heterocycles. The van der Waals surface area contributed by atoms with Crippen molar-refractivity contribution in [2.45, 2.75) is 43.0 Å². The van der Waals surface area contributed by atoms with Gasteiger partial charge in [-0.1, -0.05) is 31.2 Å². The van der Waals surface area contributed by atoms with Crippen molar-refractivity contribution in [2.24, 2.45) is 11.8 Å². The second-order valence-corrected chi connectivity index (χ2v) is 6.60. The molecule has 1 fully saturated rings. The molecule has 3 rings (SSSR count). The van der Waals surface area contributed by atoms with Crippen LogP contribution in [0, 0.1) is 23.2 Å². The SMILES string of the molecule is CCC1CCC(C#N)C(Sc2nnc3ccccn23)C1. The maximum atomic E-state index is 9.36. The Morgan fingerprint density at radius 3 is 3.10 bits per heavy atom. The highest BCUT2D eigenvalue weighted by molar-refractivity contribution is 7.99. The van der Waals surface area contributed by atoms with Crippen molar-refractivity contribution >= 4 is 17.4 Å². The lowest BCUT2D eigenvalue weighted by atomic mass is 9.81. The van der Waals surface area contributed by atoms with Crippen molar-refractivity contribution < 1.29 is 0 Å². The smallest absolute Gasteiger partial charge is 0.195 e. The normalized spacial score (nSPS) is 26.5. The largest absolute Gasteiger partial charge is 0.277 e. The molecule has 4 nitrogen and oxygen atoms in total. The van der Waals surface area contributed by atoms with E-state index in [2.05, 4.69) is 23.2 Å². The number of thioether (sulfide) groups is 1. The lowest BCUT2D eigenvalue weighted by Gasteiger charge is -2.31. The summed E-state index contributed by atoms with van der Waals surface area (Å²) in [5.41, 5.74) is 0.867. The Balaban J connectivity index is 1.83. The molecule has 104 valence electrons. The number of hydrogen-bond acceptors (Lipinski definition) is 4. The molecule has 1 saturated carbocycles. The molecule has 0 N–H and O–H groups in total. The molecule has 3 atom stereocenters. The maximum absolute atomic E-state index is 9.36. The van der Waals surface area contributed by atoms with E-state index in [9.17, 15) is 5.26 Å². The minimum atomic E-state index is 0.138. The van der Waals surface area contributed by atoms with Crippen LogP contribution in [-0.4, -0.2) is 19.8 Å². The first kappa shape index (κ1) is 13.4. The van der Waals surface area contributed by atoms with Gasteiger partial charge in [0.1, 0.15) is 0 Å². The topological polar surface area (TPSA) is 54.0 Å². The monoisotopic (exact) mass is 286 g/mol. The summed E-state index contributed by atoms with van der Waals surface area (Å²) >= 11 is 1.72. The van der Waals surface area contributed by atoms with E-state index in [4.69, 9.17) is 0 Å². The van der Waals surface area contributed by atoms with Crippen molar-refractivity contribution in [2.75, 3.05) is 0 Å². The lowest BCUT2D eigenvalue weighted by Crippen LogP contribution is -2.26. The summed E-state index contributed by atoms with van der Waals surface area (Å²) in [4.78, 5) is 0. The molecule has 0 aliphatic heterocycles. The van der Waals surface area contributed by atoms with Gasteiger partial charge < -0.3 is 0 Å². The van der Waals surface area contributed by atoms with Crippen LogP contribution in [-0.2, 0) is 0 Å². The molecule has 2 aromatic heterocycles. The standard InChI is InChI=1S/C15H18N4S/c1-2-11-6-7-12(10-16)13(9-11)20-15-18-17-14-5-3-4-8-19(14)15/h3-5,8,11-13H,2,6-7,9H2,1H3. The minimum Gasteiger partial charge on any atom is -0.277 e. The average Bonchev–Trinajstić information content (AvgIpc) is 2.90. The van der Waals surface area contributed by atoms with Crippen LogP contribution in [0.5, 0.6) is 0 Å². The van der Waals surface area contributed by atoms with E-state index >= 15 is 0 Å². The van der Waals surface area contributed by atoms with Crippen LogP contribution in [0.2, 0.25) is 0 Å². The molecule has 0 spiro atoms. The van der Waals surface area contributed by atoms with Crippen LogP contribution in [0.4, 0.5) is 0 Å². The molecular weight excluding hydrogens is 268 g/mol. The Bertz CT molecular complexity index is 630. The maximum Gasteiger partial charge on any atom is 0.195 e. The molecule has 1 aliphatic carbocycles. The van der Waals surface area contributed by atoms with Crippen molar-refractivity contribution in [3.63, 3.8) is 0 Å². The number of fused-ring (bicyclic) bond motifs is 1. The summed E-state index contributed by atoms with van der Waals surface area (Å²) in [6.07, 6.45) is 6.51. The highest BCUT2D eigenvalue weighted by atomic mass is 32.2. The van der Waals surface area contributed by atoms with Crippen molar-refractivity contribution in [3.8, 4) is 6.07 Å².